The second-order valence-corrected chi connectivity index (χ2v) is 8.46. The standard InChI is InChI=1S/C27H26N4O5/c28-25(33)21-8-11-24(29-16-21)31-14-12-20(13-15-31)27(35)36-17-23(32)18-6-9-22(10-7-18)30-26(34)19-4-2-1-3-5-19/h1-11,16,20H,12-15,17H2,(H2,28,33)(H,30,34). The van der Waals surface area contributed by atoms with Crippen LogP contribution in [-0.4, -0.2) is 48.2 Å². The van der Waals surface area contributed by atoms with Gasteiger partial charge < -0.3 is 20.7 Å². The average molecular weight is 487 g/mol. The maximum absolute atomic E-state index is 12.5. The Morgan fingerprint density at radius 1 is 0.889 bits per heavy atom. The van der Waals surface area contributed by atoms with Gasteiger partial charge in [0.15, 0.2) is 12.4 Å². The summed E-state index contributed by atoms with van der Waals surface area (Å²) in [7, 11) is 0. The minimum atomic E-state index is -0.532. The summed E-state index contributed by atoms with van der Waals surface area (Å²) >= 11 is 0. The molecule has 1 aliphatic rings. The summed E-state index contributed by atoms with van der Waals surface area (Å²) in [4.78, 5) is 54.7. The molecule has 9 nitrogen and oxygen atoms in total. The number of anilines is 2. The zero-order valence-corrected chi connectivity index (χ0v) is 19.6. The summed E-state index contributed by atoms with van der Waals surface area (Å²) in [5.41, 5.74) is 7.07. The van der Waals surface area contributed by atoms with E-state index in [0.717, 1.165) is 0 Å². The number of Topliss-reactive ketones (excluding diaryl/α,β-unsaturated/α-hetero) is 1. The number of amides is 2. The van der Waals surface area contributed by atoms with Gasteiger partial charge in [-0.2, -0.15) is 0 Å². The number of ether oxygens (including phenoxy) is 1. The highest BCUT2D eigenvalue weighted by Gasteiger charge is 2.27. The van der Waals surface area contributed by atoms with Crippen molar-refractivity contribution >= 4 is 35.1 Å². The molecule has 1 saturated heterocycles. The fourth-order valence-corrected chi connectivity index (χ4v) is 3.93. The Bertz CT molecular complexity index is 1240. The Morgan fingerprint density at radius 3 is 2.17 bits per heavy atom. The molecule has 0 radical (unpaired) electrons. The molecule has 0 aliphatic carbocycles. The summed E-state index contributed by atoms with van der Waals surface area (Å²) in [6.45, 7) is 0.866. The predicted octanol–water partition coefficient (Wildman–Crippen LogP) is 3.08. The quantitative estimate of drug-likeness (QED) is 0.369. The van der Waals surface area contributed by atoms with Crippen LogP contribution in [0.3, 0.4) is 0 Å². The van der Waals surface area contributed by atoms with Gasteiger partial charge in [-0.05, 0) is 61.4 Å². The molecule has 0 unspecified atom stereocenters. The summed E-state index contributed by atoms with van der Waals surface area (Å²) in [6.07, 6.45) is 2.58. The fourth-order valence-electron chi connectivity index (χ4n) is 3.93. The first-order valence-corrected chi connectivity index (χ1v) is 11.6. The summed E-state index contributed by atoms with van der Waals surface area (Å²) < 4.78 is 5.29. The van der Waals surface area contributed by atoms with Crippen LogP contribution in [0.15, 0.2) is 72.9 Å². The zero-order chi connectivity index (χ0) is 25.5. The SMILES string of the molecule is NC(=O)c1ccc(N2CCC(C(=O)OCC(=O)c3ccc(NC(=O)c4ccccc4)cc3)CC2)nc1. The summed E-state index contributed by atoms with van der Waals surface area (Å²) in [5, 5.41) is 2.78. The van der Waals surface area contributed by atoms with Gasteiger partial charge >= 0.3 is 5.97 Å². The molecule has 1 aromatic heterocycles. The first kappa shape index (κ1) is 24.6. The molecule has 1 aliphatic heterocycles. The number of rotatable bonds is 8. The number of aromatic nitrogens is 1. The molecule has 0 atom stereocenters. The lowest BCUT2D eigenvalue weighted by Gasteiger charge is -2.31. The van der Waals surface area contributed by atoms with Crippen molar-refractivity contribution in [1.82, 2.24) is 4.98 Å². The van der Waals surface area contributed by atoms with Crippen LogP contribution in [0, 0.1) is 5.92 Å². The van der Waals surface area contributed by atoms with Crippen LogP contribution in [0.4, 0.5) is 11.5 Å². The summed E-state index contributed by atoms with van der Waals surface area (Å²) in [5.74, 6) is -1.07. The third kappa shape index (κ3) is 6.12. The van der Waals surface area contributed by atoms with Gasteiger partial charge in [0.2, 0.25) is 5.91 Å². The van der Waals surface area contributed by atoms with E-state index in [1.165, 1.54) is 6.20 Å². The number of carbonyl (C=O) groups is 4. The number of benzene rings is 2. The molecule has 0 saturated carbocycles. The molecule has 3 N–H and O–H groups in total. The van der Waals surface area contributed by atoms with Crippen molar-refractivity contribution in [3.63, 3.8) is 0 Å². The number of hydrogen-bond acceptors (Lipinski definition) is 7. The molecule has 3 aromatic rings. The highest BCUT2D eigenvalue weighted by molar-refractivity contribution is 6.04. The Balaban J connectivity index is 1.22. The van der Waals surface area contributed by atoms with E-state index in [0.29, 0.717) is 54.1 Å². The van der Waals surface area contributed by atoms with Gasteiger partial charge in [-0.1, -0.05) is 18.2 Å². The van der Waals surface area contributed by atoms with E-state index in [4.69, 9.17) is 10.5 Å². The van der Waals surface area contributed by atoms with Crippen LogP contribution < -0.4 is 16.0 Å². The monoisotopic (exact) mass is 486 g/mol. The molecule has 1 fully saturated rings. The normalized spacial score (nSPS) is 13.6. The maximum atomic E-state index is 12.5. The van der Waals surface area contributed by atoms with Crippen LogP contribution >= 0.6 is 0 Å². The number of hydrogen-bond donors (Lipinski definition) is 2. The first-order valence-electron chi connectivity index (χ1n) is 11.6. The third-order valence-electron chi connectivity index (χ3n) is 6.03. The third-order valence-corrected chi connectivity index (χ3v) is 6.03. The van der Waals surface area contributed by atoms with Crippen molar-refractivity contribution in [1.29, 1.82) is 0 Å². The molecule has 4 rings (SSSR count). The van der Waals surface area contributed by atoms with E-state index in [2.05, 4.69) is 10.3 Å². The molecule has 0 spiro atoms. The molecule has 9 heteroatoms. The van der Waals surface area contributed by atoms with E-state index in [-0.39, 0.29) is 24.2 Å². The average Bonchev–Trinajstić information content (AvgIpc) is 2.92. The second kappa shape index (κ2) is 11.3. The topological polar surface area (TPSA) is 132 Å². The van der Waals surface area contributed by atoms with Gasteiger partial charge in [0.1, 0.15) is 5.82 Å². The molecule has 36 heavy (non-hydrogen) atoms. The molecule has 0 bridgehead atoms. The van der Waals surface area contributed by atoms with Crippen molar-refractivity contribution in [2.75, 3.05) is 29.9 Å². The van der Waals surface area contributed by atoms with E-state index in [1.807, 2.05) is 11.0 Å². The number of carbonyl (C=O) groups excluding carboxylic acids is 4. The van der Waals surface area contributed by atoms with Crippen molar-refractivity contribution in [2.45, 2.75) is 12.8 Å². The van der Waals surface area contributed by atoms with Crippen molar-refractivity contribution in [3.05, 3.63) is 89.6 Å². The van der Waals surface area contributed by atoms with E-state index in [9.17, 15) is 19.2 Å². The Hall–Kier alpha value is -4.53. The number of nitrogens with two attached hydrogens (primary N) is 1. The number of nitrogens with zero attached hydrogens (tertiary/aromatic N) is 2. The minimum absolute atomic E-state index is 0.242. The highest BCUT2D eigenvalue weighted by atomic mass is 16.5. The molecule has 2 heterocycles. The van der Waals surface area contributed by atoms with Crippen LogP contribution in [0.5, 0.6) is 0 Å². The first-order chi connectivity index (χ1) is 17.4. The lowest BCUT2D eigenvalue weighted by atomic mass is 9.97. The van der Waals surface area contributed by atoms with Gasteiger partial charge in [0.25, 0.3) is 5.91 Å². The van der Waals surface area contributed by atoms with Gasteiger partial charge in [-0.3, -0.25) is 19.2 Å². The van der Waals surface area contributed by atoms with Crippen LogP contribution in [-0.2, 0) is 9.53 Å². The molecule has 2 aromatic carbocycles. The fraction of sp³-hybridized carbons (Fsp3) is 0.222. The lowest BCUT2D eigenvalue weighted by Crippen LogP contribution is -2.37. The number of nitrogens with one attached hydrogen (secondary N) is 1. The second-order valence-electron chi connectivity index (χ2n) is 8.46. The van der Waals surface area contributed by atoms with Crippen molar-refractivity contribution < 1.29 is 23.9 Å². The highest BCUT2D eigenvalue weighted by Crippen LogP contribution is 2.23. The maximum Gasteiger partial charge on any atom is 0.309 e. The number of piperidine rings is 1. The van der Waals surface area contributed by atoms with Crippen LogP contribution in [0.1, 0.15) is 43.9 Å². The van der Waals surface area contributed by atoms with E-state index in [1.54, 1.807) is 60.7 Å². The predicted molar refractivity (Wildman–Crippen MR) is 134 cm³/mol. The smallest absolute Gasteiger partial charge is 0.309 e. The lowest BCUT2D eigenvalue weighted by molar-refractivity contribution is -0.148. The van der Waals surface area contributed by atoms with Gasteiger partial charge in [-0.15, -0.1) is 0 Å². The zero-order valence-electron chi connectivity index (χ0n) is 19.6. The Morgan fingerprint density at radius 2 is 1.56 bits per heavy atom. The van der Waals surface area contributed by atoms with Crippen LogP contribution in [0.25, 0.3) is 0 Å². The van der Waals surface area contributed by atoms with Gasteiger partial charge in [0, 0.05) is 36.1 Å². The van der Waals surface area contributed by atoms with Crippen LogP contribution in [0.2, 0.25) is 0 Å². The molecule has 184 valence electrons. The molecular formula is C27H26N4O5. The number of primary amides is 1. The van der Waals surface area contributed by atoms with Gasteiger partial charge in [-0.25, -0.2) is 4.98 Å². The van der Waals surface area contributed by atoms with Gasteiger partial charge in [0.05, 0.1) is 11.5 Å². The Kier molecular flexibility index (Phi) is 7.69. The summed E-state index contributed by atoms with van der Waals surface area (Å²) in [6, 6.07) is 18.6. The van der Waals surface area contributed by atoms with Crippen molar-refractivity contribution in [3.8, 4) is 0 Å². The molecular weight excluding hydrogens is 460 g/mol. The van der Waals surface area contributed by atoms with Crippen molar-refractivity contribution in [2.24, 2.45) is 11.7 Å². The molecule has 2 amide bonds. The number of pyridine rings is 1. The Labute approximate surface area is 208 Å². The van der Waals surface area contributed by atoms with E-state index < -0.39 is 11.9 Å². The van der Waals surface area contributed by atoms with E-state index >= 15 is 0 Å². The number of esters is 1. The minimum Gasteiger partial charge on any atom is -0.457 e. The largest absolute Gasteiger partial charge is 0.457 e. The number of ketones is 1.